The van der Waals surface area contributed by atoms with Gasteiger partial charge in [-0.15, -0.1) is 24.8 Å². The van der Waals surface area contributed by atoms with E-state index in [1.807, 2.05) is 13.8 Å². The van der Waals surface area contributed by atoms with E-state index in [-0.39, 0.29) is 42.8 Å². The Labute approximate surface area is 151 Å². The predicted octanol–water partition coefficient (Wildman–Crippen LogP) is 0.745. The van der Waals surface area contributed by atoms with E-state index in [1.54, 1.807) is 0 Å². The minimum atomic E-state index is -1.26. The molecule has 23 heavy (non-hydrogen) atoms. The Kier molecular flexibility index (Phi) is 10.0. The molecule has 2 heterocycles. The smallest absolute Gasteiger partial charge is 0.451 e. The van der Waals surface area contributed by atoms with Gasteiger partial charge in [-0.05, 0) is 39.6 Å². The Morgan fingerprint density at radius 3 is 2.65 bits per heavy atom. The summed E-state index contributed by atoms with van der Waals surface area (Å²) < 4.78 is 5.50. The highest BCUT2D eigenvalue weighted by atomic mass is 35.5. The number of hydrogen-bond acceptors (Lipinski definition) is 6. The van der Waals surface area contributed by atoms with Crippen molar-refractivity contribution in [2.75, 3.05) is 13.1 Å². The number of esters is 1. The third-order valence-electron chi connectivity index (χ3n) is 4.61. The maximum Gasteiger partial charge on any atom is 0.451 e. The Hall–Kier alpha value is -0.0451. The summed E-state index contributed by atoms with van der Waals surface area (Å²) in [6.45, 7) is 5.48. The van der Waals surface area contributed by atoms with Crippen molar-refractivity contribution in [3.8, 4) is 0 Å². The lowest BCUT2D eigenvalue weighted by atomic mass is 9.77. The van der Waals surface area contributed by atoms with Crippen molar-refractivity contribution in [3.05, 3.63) is 0 Å². The van der Waals surface area contributed by atoms with Gasteiger partial charge in [0.05, 0.1) is 6.10 Å². The molecule has 136 valence electrons. The van der Waals surface area contributed by atoms with Crippen molar-refractivity contribution >= 4 is 37.9 Å². The first-order valence-electron chi connectivity index (χ1n) is 8.01. The van der Waals surface area contributed by atoms with Crippen molar-refractivity contribution < 1.29 is 19.6 Å². The van der Waals surface area contributed by atoms with Crippen LogP contribution in [0.25, 0.3) is 0 Å². The highest BCUT2D eigenvalue weighted by Gasteiger charge is 2.55. The van der Waals surface area contributed by atoms with Crippen molar-refractivity contribution in [1.29, 1.82) is 0 Å². The van der Waals surface area contributed by atoms with Crippen molar-refractivity contribution in [2.24, 2.45) is 5.92 Å². The highest BCUT2D eigenvalue weighted by Crippen LogP contribution is 2.38. The first kappa shape index (κ1) is 23.0. The third kappa shape index (κ3) is 5.48. The van der Waals surface area contributed by atoms with Crippen LogP contribution < -0.4 is 10.6 Å². The quantitative estimate of drug-likeness (QED) is 0.300. The summed E-state index contributed by atoms with van der Waals surface area (Å²) in [7, 11) is -1.26. The van der Waals surface area contributed by atoms with E-state index in [2.05, 4.69) is 10.6 Å². The van der Waals surface area contributed by atoms with Crippen LogP contribution in [0.15, 0.2) is 0 Å². The van der Waals surface area contributed by atoms with E-state index in [0.717, 1.165) is 25.9 Å². The van der Waals surface area contributed by atoms with Gasteiger partial charge in [0, 0.05) is 18.5 Å². The zero-order chi connectivity index (χ0) is 15.5. The molecule has 2 rings (SSSR count). The van der Waals surface area contributed by atoms with Crippen LogP contribution in [0, 0.1) is 5.92 Å². The number of nitrogens with one attached hydrogen (secondary N) is 2. The Balaban J connectivity index is 0.00000242. The molecule has 0 saturated carbocycles. The van der Waals surface area contributed by atoms with Gasteiger partial charge in [0.25, 0.3) is 0 Å². The topological polar surface area (TPSA) is 90.8 Å². The molecule has 0 radical (unpaired) electrons. The first-order chi connectivity index (χ1) is 9.95. The Morgan fingerprint density at radius 1 is 1.35 bits per heavy atom. The normalized spacial score (nSPS) is 28.7. The number of carbonyl (C=O) groups excluding carboxylic acids is 1. The van der Waals surface area contributed by atoms with E-state index >= 15 is 0 Å². The fraction of sp³-hybridized carbons (Fsp3) is 0.929. The van der Waals surface area contributed by atoms with Crippen molar-refractivity contribution in [2.45, 2.75) is 63.5 Å². The molecule has 6 nitrogen and oxygen atoms in total. The van der Waals surface area contributed by atoms with E-state index < -0.39 is 12.7 Å². The van der Waals surface area contributed by atoms with Gasteiger partial charge in [-0.3, -0.25) is 4.79 Å². The average Bonchev–Trinajstić information content (AvgIpc) is 2.96. The molecule has 0 bridgehead atoms. The van der Waals surface area contributed by atoms with Crippen LogP contribution in [0.3, 0.4) is 0 Å². The van der Waals surface area contributed by atoms with Gasteiger partial charge in [0.15, 0.2) is 0 Å². The Bertz CT molecular complexity index is 377. The zero-order valence-corrected chi connectivity index (χ0v) is 15.4. The molecule has 2 fully saturated rings. The van der Waals surface area contributed by atoms with Crippen molar-refractivity contribution in [3.63, 3.8) is 0 Å². The summed E-state index contributed by atoms with van der Waals surface area (Å²) in [5.41, 5.74) is -0.612. The number of fused-ring (bicyclic) bond motifs is 1. The maximum atomic E-state index is 12.6. The molecule has 9 heteroatoms. The van der Waals surface area contributed by atoms with E-state index in [9.17, 15) is 4.79 Å². The minimum absolute atomic E-state index is 0. The molecule has 2 aliphatic heterocycles. The number of hydrogen-bond donors (Lipinski definition) is 4. The monoisotopic (exact) mass is 370 g/mol. The van der Waals surface area contributed by atoms with Crippen LogP contribution in [0.1, 0.15) is 39.5 Å². The summed E-state index contributed by atoms with van der Waals surface area (Å²) in [5, 5.41) is 24.7. The molecule has 0 spiro atoms. The lowest BCUT2D eigenvalue weighted by Crippen LogP contribution is -2.53. The summed E-state index contributed by atoms with van der Waals surface area (Å²) in [5.74, 6) is 0.112. The molecule has 3 atom stereocenters. The fourth-order valence-electron chi connectivity index (χ4n) is 3.64. The van der Waals surface area contributed by atoms with Crippen LogP contribution in [-0.2, 0) is 9.53 Å². The number of carbonyl (C=O) groups is 1. The number of unbranched alkanes of at least 4 members (excludes halogenated alkanes) is 1. The number of rotatable bonds is 7. The second kappa shape index (κ2) is 10.1. The largest absolute Gasteiger partial charge is 0.462 e. The van der Waals surface area contributed by atoms with Gasteiger partial charge < -0.3 is 25.4 Å². The van der Waals surface area contributed by atoms with Crippen LogP contribution in [0.2, 0.25) is 6.32 Å². The predicted molar refractivity (Wildman–Crippen MR) is 95.2 cm³/mol. The Morgan fingerprint density at radius 2 is 2.04 bits per heavy atom. The highest BCUT2D eigenvalue weighted by molar-refractivity contribution is 6.40. The second-order valence-corrected chi connectivity index (χ2v) is 6.49. The summed E-state index contributed by atoms with van der Waals surface area (Å²) >= 11 is 0. The SMILES string of the molecule is CC(C)OC(=O)[C@]1(CCCCB(O)O)NC[C@@H]2NCC[C@@H]21.Cl.Cl. The molecule has 0 aromatic heterocycles. The molecule has 0 amide bonds. The lowest BCUT2D eigenvalue weighted by Gasteiger charge is -2.33. The van der Waals surface area contributed by atoms with E-state index in [4.69, 9.17) is 14.8 Å². The summed E-state index contributed by atoms with van der Waals surface area (Å²) in [6, 6.07) is 0.341. The van der Waals surface area contributed by atoms with Gasteiger partial charge in [-0.2, -0.15) is 0 Å². The molecule has 2 aliphatic rings. The van der Waals surface area contributed by atoms with Crippen LogP contribution >= 0.6 is 24.8 Å². The molecule has 0 unspecified atom stereocenters. The molecular weight excluding hydrogens is 342 g/mol. The summed E-state index contributed by atoms with van der Waals surface area (Å²) in [4.78, 5) is 12.6. The minimum Gasteiger partial charge on any atom is -0.462 e. The maximum absolute atomic E-state index is 12.6. The first-order valence-corrected chi connectivity index (χ1v) is 8.01. The van der Waals surface area contributed by atoms with Gasteiger partial charge in [-0.25, -0.2) is 0 Å². The van der Waals surface area contributed by atoms with Crippen LogP contribution in [0.5, 0.6) is 0 Å². The second-order valence-electron chi connectivity index (χ2n) is 6.49. The molecule has 0 aliphatic carbocycles. The van der Waals surface area contributed by atoms with Gasteiger partial charge in [0.2, 0.25) is 0 Å². The van der Waals surface area contributed by atoms with Gasteiger partial charge in [-0.1, -0.05) is 12.8 Å². The lowest BCUT2D eigenvalue weighted by molar-refractivity contribution is -0.157. The van der Waals surface area contributed by atoms with Crippen LogP contribution in [-0.4, -0.2) is 53.9 Å². The van der Waals surface area contributed by atoms with Gasteiger partial charge in [0.1, 0.15) is 5.54 Å². The molecule has 0 aromatic carbocycles. The molecule has 0 aromatic rings. The number of ether oxygens (including phenoxy) is 1. The van der Waals surface area contributed by atoms with Gasteiger partial charge >= 0.3 is 13.1 Å². The third-order valence-corrected chi connectivity index (χ3v) is 4.61. The van der Waals surface area contributed by atoms with Crippen LogP contribution in [0.4, 0.5) is 0 Å². The molecule has 4 N–H and O–H groups in total. The standard InChI is InChI=1S/C14H27BN2O4.2ClH/c1-10(2)21-13(18)14(6-3-4-7-15(19)20)11-5-8-16-12(11)9-17-14;;/h10-12,16-17,19-20H,3-9H2,1-2H3;2*1H/t11-,12-,14+;;/m0../s1. The summed E-state index contributed by atoms with van der Waals surface area (Å²) in [6.07, 6.45) is 3.37. The average molecular weight is 371 g/mol. The van der Waals surface area contributed by atoms with E-state index in [1.165, 1.54) is 0 Å². The van der Waals surface area contributed by atoms with E-state index in [0.29, 0.717) is 25.2 Å². The zero-order valence-electron chi connectivity index (χ0n) is 13.8. The fourth-order valence-corrected chi connectivity index (χ4v) is 3.64. The number of halogens is 2. The molecule has 2 saturated heterocycles. The van der Waals surface area contributed by atoms with Crippen molar-refractivity contribution in [1.82, 2.24) is 10.6 Å². The molecular formula is C14H29BCl2N2O4.